The zero-order valence-electron chi connectivity index (χ0n) is 13.6. The lowest BCUT2D eigenvalue weighted by molar-refractivity contribution is -0.387. The van der Waals surface area contributed by atoms with Crippen molar-refractivity contribution in [3.63, 3.8) is 0 Å². The third-order valence-electron chi connectivity index (χ3n) is 3.47. The number of nitro groups is 1. The Balaban J connectivity index is 2.34. The molecule has 2 aromatic rings. The Hall–Kier alpha value is -2.88. The van der Waals surface area contributed by atoms with Gasteiger partial charge in [0.2, 0.25) is 0 Å². The van der Waals surface area contributed by atoms with E-state index in [0.29, 0.717) is 0 Å². The Morgan fingerprint density at radius 3 is 2.42 bits per heavy atom. The Morgan fingerprint density at radius 1 is 1.19 bits per heavy atom. The molecule has 7 nitrogen and oxygen atoms in total. The Labute approximate surface area is 147 Å². The number of carbonyl (C=O) groups excluding carboxylic acids is 1. The van der Waals surface area contributed by atoms with Gasteiger partial charge >= 0.3 is 5.97 Å². The monoisotopic (exact) mass is 385 g/mol. The molecule has 0 fully saturated rings. The van der Waals surface area contributed by atoms with Crippen molar-refractivity contribution < 1.29 is 31.7 Å². The number of benzene rings is 2. The zero-order chi connectivity index (χ0) is 19.6. The summed E-state index contributed by atoms with van der Waals surface area (Å²) < 4.78 is 55.1. The van der Waals surface area contributed by atoms with Crippen LogP contribution in [0.15, 0.2) is 41.3 Å². The van der Waals surface area contributed by atoms with Crippen LogP contribution < -0.4 is 0 Å². The maximum atomic E-state index is 13.7. The minimum Gasteiger partial charge on any atom is -0.454 e. The number of sulfone groups is 1. The SMILES string of the molecule is CC(OC(=O)c1ccc(S(C)(=O)=O)c([N+](=O)[O-])c1)c1cc(F)ccc1F. The third-order valence-corrected chi connectivity index (χ3v) is 4.61. The maximum absolute atomic E-state index is 13.7. The summed E-state index contributed by atoms with van der Waals surface area (Å²) in [6.07, 6.45) is -0.380. The highest BCUT2D eigenvalue weighted by molar-refractivity contribution is 7.90. The van der Waals surface area contributed by atoms with Gasteiger partial charge in [-0.2, -0.15) is 0 Å². The van der Waals surface area contributed by atoms with Gasteiger partial charge in [0, 0.05) is 17.9 Å². The van der Waals surface area contributed by atoms with Crippen molar-refractivity contribution >= 4 is 21.5 Å². The van der Waals surface area contributed by atoms with E-state index in [0.717, 1.165) is 42.7 Å². The average Bonchev–Trinajstić information content (AvgIpc) is 2.55. The number of carbonyl (C=O) groups is 1. The molecule has 0 aliphatic carbocycles. The van der Waals surface area contributed by atoms with E-state index < -0.39 is 49.1 Å². The molecule has 0 aliphatic heterocycles. The van der Waals surface area contributed by atoms with Gasteiger partial charge in [-0.05, 0) is 37.3 Å². The number of ether oxygens (including phenoxy) is 1. The van der Waals surface area contributed by atoms with E-state index in [4.69, 9.17) is 4.74 Å². The summed E-state index contributed by atoms with van der Waals surface area (Å²) in [6.45, 7) is 1.30. The smallest absolute Gasteiger partial charge is 0.338 e. The van der Waals surface area contributed by atoms with Crippen molar-refractivity contribution in [1.82, 2.24) is 0 Å². The molecule has 0 saturated carbocycles. The van der Waals surface area contributed by atoms with Crippen LogP contribution >= 0.6 is 0 Å². The Morgan fingerprint density at radius 2 is 1.85 bits per heavy atom. The van der Waals surface area contributed by atoms with E-state index in [1.54, 1.807) is 0 Å². The summed E-state index contributed by atoms with van der Waals surface area (Å²) in [7, 11) is -3.88. The van der Waals surface area contributed by atoms with E-state index >= 15 is 0 Å². The molecule has 1 unspecified atom stereocenters. The minimum atomic E-state index is -3.88. The van der Waals surface area contributed by atoms with E-state index in [1.165, 1.54) is 6.92 Å². The minimum absolute atomic E-state index is 0.208. The lowest BCUT2D eigenvalue weighted by atomic mass is 10.1. The van der Waals surface area contributed by atoms with E-state index in [1.807, 2.05) is 0 Å². The van der Waals surface area contributed by atoms with Gasteiger partial charge in [0.1, 0.15) is 22.6 Å². The van der Waals surface area contributed by atoms with Crippen molar-refractivity contribution in [1.29, 1.82) is 0 Å². The van der Waals surface area contributed by atoms with Gasteiger partial charge in [0.25, 0.3) is 5.69 Å². The van der Waals surface area contributed by atoms with Crippen LogP contribution in [0.5, 0.6) is 0 Å². The molecule has 2 aromatic carbocycles. The molecule has 0 saturated heterocycles. The molecule has 0 amide bonds. The first-order valence-corrected chi connectivity index (χ1v) is 9.04. The Kier molecular flexibility index (Phi) is 5.36. The van der Waals surface area contributed by atoms with Crippen LogP contribution in [-0.2, 0) is 14.6 Å². The number of hydrogen-bond acceptors (Lipinski definition) is 6. The molecule has 0 bridgehead atoms. The fourth-order valence-electron chi connectivity index (χ4n) is 2.22. The molecule has 0 spiro atoms. The summed E-state index contributed by atoms with van der Waals surface area (Å²) in [5.74, 6) is -2.56. The number of nitro benzene ring substituents is 1. The van der Waals surface area contributed by atoms with Gasteiger partial charge in [0.15, 0.2) is 9.84 Å². The molecule has 0 radical (unpaired) electrons. The van der Waals surface area contributed by atoms with Gasteiger partial charge in [-0.3, -0.25) is 10.1 Å². The van der Waals surface area contributed by atoms with Gasteiger partial charge in [-0.1, -0.05) is 0 Å². The van der Waals surface area contributed by atoms with Crippen LogP contribution in [0.25, 0.3) is 0 Å². The number of nitrogens with zero attached hydrogens (tertiary/aromatic N) is 1. The van der Waals surface area contributed by atoms with Crippen molar-refractivity contribution in [2.24, 2.45) is 0 Å². The van der Waals surface area contributed by atoms with Crippen LogP contribution in [0.3, 0.4) is 0 Å². The predicted octanol–water partition coefficient (Wildman–Crippen LogP) is 3.19. The summed E-state index contributed by atoms with van der Waals surface area (Å²) in [5.41, 5.74) is -1.29. The van der Waals surface area contributed by atoms with E-state index in [2.05, 4.69) is 0 Å². The lowest BCUT2D eigenvalue weighted by Crippen LogP contribution is -2.12. The topological polar surface area (TPSA) is 104 Å². The Bertz CT molecular complexity index is 990. The summed E-state index contributed by atoms with van der Waals surface area (Å²) >= 11 is 0. The average molecular weight is 385 g/mol. The normalized spacial score (nSPS) is 12.5. The van der Waals surface area contributed by atoms with Gasteiger partial charge < -0.3 is 4.74 Å². The fraction of sp³-hybridized carbons (Fsp3) is 0.188. The van der Waals surface area contributed by atoms with Crippen LogP contribution in [0.4, 0.5) is 14.5 Å². The van der Waals surface area contributed by atoms with Crippen LogP contribution in [-0.4, -0.2) is 25.6 Å². The van der Waals surface area contributed by atoms with Gasteiger partial charge in [-0.15, -0.1) is 0 Å². The first kappa shape index (κ1) is 19.4. The van der Waals surface area contributed by atoms with Crippen LogP contribution in [0.2, 0.25) is 0 Å². The summed E-state index contributed by atoms with van der Waals surface area (Å²) in [5, 5.41) is 11.1. The molecule has 0 N–H and O–H groups in total. The summed E-state index contributed by atoms with van der Waals surface area (Å²) in [6, 6.07) is 5.36. The highest BCUT2D eigenvalue weighted by Crippen LogP contribution is 2.27. The lowest BCUT2D eigenvalue weighted by Gasteiger charge is -2.14. The fourth-order valence-corrected chi connectivity index (χ4v) is 3.05. The predicted molar refractivity (Wildman–Crippen MR) is 86.4 cm³/mol. The number of rotatable bonds is 5. The van der Waals surface area contributed by atoms with Crippen molar-refractivity contribution in [3.05, 3.63) is 69.3 Å². The zero-order valence-corrected chi connectivity index (χ0v) is 14.4. The van der Waals surface area contributed by atoms with Crippen molar-refractivity contribution in [3.8, 4) is 0 Å². The van der Waals surface area contributed by atoms with Crippen molar-refractivity contribution in [2.75, 3.05) is 6.26 Å². The van der Waals surface area contributed by atoms with E-state index in [-0.39, 0.29) is 11.1 Å². The van der Waals surface area contributed by atoms with E-state index in [9.17, 15) is 32.1 Å². The number of halogens is 2. The second-order valence-corrected chi connectivity index (χ2v) is 7.41. The molecule has 26 heavy (non-hydrogen) atoms. The standard InChI is InChI=1S/C16H13F2NO6S/c1-9(12-8-11(17)4-5-13(12)18)25-16(20)10-3-6-15(26(2,23)24)14(7-10)19(21)22/h3-9H,1-2H3. The van der Waals surface area contributed by atoms with Gasteiger partial charge in [0.05, 0.1) is 10.5 Å². The first-order chi connectivity index (χ1) is 12.0. The number of esters is 1. The molecule has 0 heterocycles. The highest BCUT2D eigenvalue weighted by Gasteiger charge is 2.25. The second-order valence-electron chi connectivity index (χ2n) is 5.43. The van der Waals surface area contributed by atoms with Gasteiger partial charge in [-0.25, -0.2) is 22.0 Å². The third kappa shape index (κ3) is 4.20. The van der Waals surface area contributed by atoms with Crippen LogP contribution in [0.1, 0.15) is 28.9 Å². The maximum Gasteiger partial charge on any atom is 0.338 e. The highest BCUT2D eigenvalue weighted by atomic mass is 32.2. The molecular formula is C16H13F2NO6S. The molecule has 1 atom stereocenters. The molecule has 0 aliphatic rings. The summed E-state index contributed by atoms with van der Waals surface area (Å²) in [4.78, 5) is 21.7. The first-order valence-electron chi connectivity index (χ1n) is 7.15. The molecule has 0 aromatic heterocycles. The van der Waals surface area contributed by atoms with Crippen LogP contribution in [0, 0.1) is 21.7 Å². The quantitative estimate of drug-likeness (QED) is 0.445. The van der Waals surface area contributed by atoms with Crippen molar-refractivity contribution in [2.45, 2.75) is 17.9 Å². The molecule has 2 rings (SSSR count). The molecule has 138 valence electrons. The largest absolute Gasteiger partial charge is 0.454 e. The second kappa shape index (κ2) is 7.16. The molecular weight excluding hydrogens is 372 g/mol. The number of hydrogen-bond donors (Lipinski definition) is 0. The molecule has 10 heteroatoms.